The first-order chi connectivity index (χ1) is 13.7. The van der Waals surface area contributed by atoms with E-state index in [0.29, 0.717) is 28.1 Å². The van der Waals surface area contributed by atoms with Gasteiger partial charge in [0.25, 0.3) is 5.56 Å². The maximum absolute atomic E-state index is 11.7. The normalized spacial score (nSPS) is 13.8. The average molecular weight is 394 g/mol. The van der Waals surface area contributed by atoms with Crippen LogP contribution in [0.15, 0.2) is 40.3 Å². The molecule has 9 nitrogen and oxygen atoms in total. The Morgan fingerprint density at radius 3 is 2.68 bits per heavy atom. The van der Waals surface area contributed by atoms with Crippen molar-refractivity contribution in [3.8, 4) is 0 Å². The molecule has 28 heavy (non-hydrogen) atoms. The van der Waals surface area contributed by atoms with Crippen molar-refractivity contribution in [3.63, 3.8) is 0 Å². The van der Waals surface area contributed by atoms with Gasteiger partial charge in [-0.15, -0.1) is 0 Å². The van der Waals surface area contributed by atoms with Gasteiger partial charge in [0.15, 0.2) is 5.16 Å². The molecular formula is C18H18N8OS. The fourth-order valence-electron chi connectivity index (χ4n) is 3.03. The Balaban J connectivity index is 1.41. The van der Waals surface area contributed by atoms with Crippen LogP contribution in [0.4, 0.5) is 23.1 Å². The molecule has 0 saturated heterocycles. The van der Waals surface area contributed by atoms with Crippen molar-refractivity contribution in [1.29, 1.82) is 0 Å². The van der Waals surface area contributed by atoms with Gasteiger partial charge in [0, 0.05) is 23.7 Å². The summed E-state index contributed by atoms with van der Waals surface area (Å²) >= 11 is 1.46. The summed E-state index contributed by atoms with van der Waals surface area (Å²) in [6.07, 6.45) is 4.35. The van der Waals surface area contributed by atoms with Gasteiger partial charge >= 0.3 is 0 Å². The lowest BCUT2D eigenvalue weighted by Crippen LogP contribution is -2.01. The molecule has 0 spiro atoms. The van der Waals surface area contributed by atoms with Gasteiger partial charge in [-0.25, -0.2) is 9.97 Å². The van der Waals surface area contributed by atoms with Crippen molar-refractivity contribution in [2.75, 3.05) is 16.9 Å². The number of fused-ring (bicyclic) bond motifs is 1. The highest BCUT2D eigenvalue weighted by Crippen LogP contribution is 2.39. The van der Waals surface area contributed by atoms with Gasteiger partial charge < -0.3 is 10.6 Å². The molecule has 0 amide bonds. The van der Waals surface area contributed by atoms with E-state index in [4.69, 9.17) is 0 Å². The van der Waals surface area contributed by atoms with Gasteiger partial charge in [0.05, 0.1) is 16.6 Å². The Hall–Kier alpha value is -3.27. The van der Waals surface area contributed by atoms with Gasteiger partial charge in [0.2, 0.25) is 0 Å². The Kier molecular flexibility index (Phi) is 4.05. The molecule has 1 aromatic carbocycles. The predicted molar refractivity (Wildman–Crippen MR) is 110 cm³/mol. The fraction of sp³-hybridized carbons (Fsp3) is 0.222. The number of nitrogens with zero attached hydrogens (tertiary/aromatic N) is 3. The lowest BCUT2D eigenvalue weighted by Gasteiger charge is -2.10. The minimum absolute atomic E-state index is 0.134. The minimum atomic E-state index is -0.134. The quantitative estimate of drug-likeness (QED) is 0.250. The molecule has 3 heterocycles. The average Bonchev–Trinajstić information content (AvgIpc) is 3.34. The SMILES string of the molecule is CSc1nc(Nc2ccc3c(=O)[nH][nH]c3c2)cc(Nc2cc(C3CC3)n[nH]2)n1. The van der Waals surface area contributed by atoms with Gasteiger partial charge in [-0.3, -0.25) is 20.1 Å². The van der Waals surface area contributed by atoms with Crippen molar-refractivity contribution in [1.82, 2.24) is 30.4 Å². The van der Waals surface area contributed by atoms with E-state index >= 15 is 0 Å². The van der Waals surface area contributed by atoms with Gasteiger partial charge in [-0.1, -0.05) is 11.8 Å². The zero-order valence-electron chi connectivity index (χ0n) is 15.0. The van der Waals surface area contributed by atoms with Crippen LogP contribution >= 0.6 is 11.8 Å². The molecule has 5 N–H and O–H groups in total. The first kappa shape index (κ1) is 16.9. The van der Waals surface area contributed by atoms with Crippen LogP contribution in [0.5, 0.6) is 0 Å². The van der Waals surface area contributed by atoms with Crippen LogP contribution in [0.25, 0.3) is 10.9 Å². The maximum atomic E-state index is 11.7. The second-order valence-electron chi connectivity index (χ2n) is 6.70. The largest absolute Gasteiger partial charge is 0.340 e. The molecule has 142 valence electrons. The maximum Gasteiger partial charge on any atom is 0.271 e. The standard InChI is InChI=1S/C18H18N8OS/c1-28-18-21-14(19-10-4-5-11-13(6-10)24-26-17(11)27)8-15(22-18)20-16-7-12(23-25-16)9-2-3-9/h4-9H,2-3H2,1H3,(H2,24,26,27)(H3,19,20,21,22,23,25). The molecule has 1 aliphatic rings. The highest BCUT2D eigenvalue weighted by molar-refractivity contribution is 7.98. The van der Waals surface area contributed by atoms with Crippen LogP contribution in [-0.4, -0.2) is 36.6 Å². The molecular weight excluding hydrogens is 376 g/mol. The summed E-state index contributed by atoms with van der Waals surface area (Å²) < 4.78 is 0. The summed E-state index contributed by atoms with van der Waals surface area (Å²) in [7, 11) is 0. The van der Waals surface area contributed by atoms with Gasteiger partial charge in [-0.05, 0) is 37.3 Å². The molecule has 0 unspecified atom stereocenters. The van der Waals surface area contributed by atoms with Crippen LogP contribution in [0.3, 0.4) is 0 Å². The Morgan fingerprint density at radius 1 is 1.07 bits per heavy atom. The van der Waals surface area contributed by atoms with Crippen LogP contribution in [0, 0.1) is 0 Å². The molecule has 0 radical (unpaired) electrons. The molecule has 1 aliphatic carbocycles. The Labute approximate surface area is 163 Å². The van der Waals surface area contributed by atoms with E-state index in [0.717, 1.165) is 22.7 Å². The number of hydrogen-bond acceptors (Lipinski definition) is 7. The fourth-order valence-corrected chi connectivity index (χ4v) is 3.41. The topological polar surface area (TPSA) is 127 Å². The molecule has 1 saturated carbocycles. The lowest BCUT2D eigenvalue weighted by molar-refractivity contribution is 0.960. The third-order valence-electron chi connectivity index (χ3n) is 4.59. The summed E-state index contributed by atoms with van der Waals surface area (Å²) in [4.78, 5) is 20.7. The molecule has 10 heteroatoms. The third kappa shape index (κ3) is 3.33. The number of hydrogen-bond donors (Lipinski definition) is 5. The number of thioether (sulfide) groups is 1. The van der Waals surface area contributed by atoms with Crippen LogP contribution in [0.2, 0.25) is 0 Å². The zero-order valence-corrected chi connectivity index (χ0v) is 15.9. The number of aromatic nitrogens is 6. The smallest absolute Gasteiger partial charge is 0.271 e. The van der Waals surface area contributed by atoms with E-state index in [2.05, 4.69) is 41.0 Å². The van der Waals surface area contributed by atoms with E-state index < -0.39 is 0 Å². The van der Waals surface area contributed by atoms with Crippen molar-refractivity contribution >= 4 is 45.8 Å². The van der Waals surface area contributed by atoms with E-state index in [1.807, 2.05) is 30.5 Å². The monoisotopic (exact) mass is 394 g/mol. The number of anilines is 4. The summed E-state index contributed by atoms with van der Waals surface area (Å²) in [5.41, 5.74) is 2.51. The lowest BCUT2D eigenvalue weighted by atomic mass is 10.2. The highest BCUT2D eigenvalue weighted by atomic mass is 32.2. The Bertz CT molecular complexity index is 1210. The first-order valence-corrected chi connectivity index (χ1v) is 10.1. The molecule has 0 atom stereocenters. The van der Waals surface area contributed by atoms with Crippen LogP contribution in [0.1, 0.15) is 24.5 Å². The summed E-state index contributed by atoms with van der Waals surface area (Å²) in [5.74, 6) is 2.72. The Morgan fingerprint density at radius 2 is 1.89 bits per heavy atom. The molecule has 4 aromatic rings. The second-order valence-corrected chi connectivity index (χ2v) is 7.47. The second kappa shape index (κ2) is 6.71. The van der Waals surface area contributed by atoms with E-state index in [9.17, 15) is 4.79 Å². The van der Waals surface area contributed by atoms with Crippen molar-refractivity contribution in [2.24, 2.45) is 0 Å². The summed E-state index contributed by atoms with van der Waals surface area (Å²) in [6.45, 7) is 0. The van der Waals surface area contributed by atoms with Crippen molar-refractivity contribution in [2.45, 2.75) is 23.9 Å². The number of aromatic amines is 3. The van der Waals surface area contributed by atoms with Crippen molar-refractivity contribution in [3.05, 3.63) is 46.4 Å². The molecule has 0 aliphatic heterocycles. The molecule has 5 rings (SSSR count). The van der Waals surface area contributed by atoms with Gasteiger partial charge in [0.1, 0.15) is 17.5 Å². The zero-order chi connectivity index (χ0) is 19.1. The number of nitrogens with one attached hydrogen (secondary N) is 5. The highest BCUT2D eigenvalue weighted by Gasteiger charge is 2.26. The van der Waals surface area contributed by atoms with E-state index in [-0.39, 0.29) is 5.56 Å². The van der Waals surface area contributed by atoms with Gasteiger partial charge in [-0.2, -0.15) is 5.10 Å². The number of rotatable bonds is 6. The number of benzene rings is 1. The van der Waals surface area contributed by atoms with E-state index in [1.165, 1.54) is 24.6 Å². The summed E-state index contributed by atoms with van der Waals surface area (Å²) in [6, 6.07) is 9.34. The predicted octanol–water partition coefficient (Wildman–Crippen LogP) is 3.46. The molecule has 3 aromatic heterocycles. The summed E-state index contributed by atoms with van der Waals surface area (Å²) in [5, 5.41) is 20.6. The van der Waals surface area contributed by atoms with Crippen molar-refractivity contribution < 1.29 is 0 Å². The minimum Gasteiger partial charge on any atom is -0.340 e. The van der Waals surface area contributed by atoms with E-state index in [1.54, 1.807) is 6.07 Å². The molecule has 0 bridgehead atoms. The van der Waals surface area contributed by atoms with Crippen LogP contribution in [-0.2, 0) is 0 Å². The molecule has 1 fully saturated rings. The van der Waals surface area contributed by atoms with Crippen LogP contribution < -0.4 is 16.2 Å². The number of H-pyrrole nitrogens is 3. The first-order valence-electron chi connectivity index (χ1n) is 8.91. The third-order valence-corrected chi connectivity index (χ3v) is 5.14.